The molecular formula is C16H17ClN4O2. The normalized spacial score (nSPS) is 18.1. The second-order valence-electron chi connectivity index (χ2n) is 5.58. The van der Waals surface area contributed by atoms with Crippen LogP contribution in [0.15, 0.2) is 41.2 Å². The zero-order valence-electron chi connectivity index (χ0n) is 12.7. The minimum absolute atomic E-state index is 0.0314. The van der Waals surface area contributed by atoms with Gasteiger partial charge in [0.2, 0.25) is 0 Å². The van der Waals surface area contributed by atoms with E-state index >= 15 is 0 Å². The predicted octanol–water partition coefficient (Wildman–Crippen LogP) is 1.77. The molecule has 3 rings (SSSR count). The van der Waals surface area contributed by atoms with Gasteiger partial charge in [0.15, 0.2) is 0 Å². The van der Waals surface area contributed by atoms with Gasteiger partial charge in [-0.05, 0) is 31.2 Å². The average Bonchev–Trinajstić information content (AvgIpc) is 2.55. The fraction of sp³-hybridized carbons (Fsp3) is 0.312. The van der Waals surface area contributed by atoms with E-state index in [1.54, 1.807) is 4.90 Å². The summed E-state index contributed by atoms with van der Waals surface area (Å²) in [5.74, 6) is -0.167. The van der Waals surface area contributed by atoms with Gasteiger partial charge in [-0.2, -0.15) is 5.10 Å². The van der Waals surface area contributed by atoms with E-state index in [0.29, 0.717) is 11.6 Å². The first-order valence-electron chi connectivity index (χ1n) is 7.42. The highest BCUT2D eigenvalue weighted by molar-refractivity contribution is 6.30. The third-order valence-corrected chi connectivity index (χ3v) is 4.20. The summed E-state index contributed by atoms with van der Waals surface area (Å²) >= 11 is 6.04. The third-order valence-electron chi connectivity index (χ3n) is 3.96. The van der Waals surface area contributed by atoms with Gasteiger partial charge in [0.25, 0.3) is 11.5 Å². The minimum atomic E-state index is -0.319. The molecule has 23 heavy (non-hydrogen) atoms. The van der Waals surface area contributed by atoms with E-state index in [4.69, 9.17) is 11.6 Å². The summed E-state index contributed by atoms with van der Waals surface area (Å²) in [6.07, 6.45) is 0. The number of hydrogen-bond donors (Lipinski definition) is 1. The van der Waals surface area contributed by atoms with Crippen LogP contribution in [0.2, 0.25) is 5.02 Å². The van der Waals surface area contributed by atoms with Gasteiger partial charge in [-0.25, -0.2) is 5.10 Å². The summed E-state index contributed by atoms with van der Waals surface area (Å²) in [4.78, 5) is 27.6. The Morgan fingerprint density at radius 3 is 2.78 bits per heavy atom. The number of carbonyl (C=O) groups is 1. The van der Waals surface area contributed by atoms with E-state index in [2.05, 4.69) is 15.1 Å². The fourth-order valence-corrected chi connectivity index (χ4v) is 2.96. The summed E-state index contributed by atoms with van der Waals surface area (Å²) in [6.45, 7) is 4.03. The molecule has 0 bridgehead atoms. The molecule has 1 aromatic carbocycles. The Hall–Kier alpha value is -2.34. The highest BCUT2D eigenvalue weighted by Crippen LogP contribution is 2.23. The van der Waals surface area contributed by atoms with Crippen molar-refractivity contribution in [3.05, 3.63) is 57.5 Å². The number of carbonyl (C=O) groups excluding carboxylic acids is 1. The Morgan fingerprint density at radius 1 is 1.30 bits per heavy atom. The summed E-state index contributed by atoms with van der Waals surface area (Å²) in [5.41, 5.74) is 0.992. The van der Waals surface area contributed by atoms with Gasteiger partial charge in [0.1, 0.15) is 5.69 Å². The number of hydrogen-bond acceptors (Lipinski definition) is 4. The molecule has 1 atom stereocenters. The maximum atomic E-state index is 12.5. The first-order chi connectivity index (χ1) is 11.0. The second-order valence-corrected chi connectivity index (χ2v) is 6.02. The van der Waals surface area contributed by atoms with Crippen molar-refractivity contribution in [2.45, 2.75) is 13.0 Å². The van der Waals surface area contributed by atoms with Gasteiger partial charge in [-0.15, -0.1) is 0 Å². The van der Waals surface area contributed by atoms with Gasteiger partial charge < -0.3 is 9.80 Å². The number of aromatic amines is 1. The van der Waals surface area contributed by atoms with Gasteiger partial charge in [-0.3, -0.25) is 9.59 Å². The molecule has 120 valence electrons. The van der Waals surface area contributed by atoms with Crippen molar-refractivity contribution in [2.75, 3.05) is 24.5 Å². The van der Waals surface area contributed by atoms with E-state index in [-0.39, 0.29) is 23.2 Å². The molecule has 0 spiro atoms. The molecule has 0 saturated carbocycles. The lowest BCUT2D eigenvalue weighted by molar-refractivity contribution is 0.0666. The average molecular weight is 333 g/mol. The number of piperazine rings is 1. The molecule has 1 aliphatic rings. The van der Waals surface area contributed by atoms with Crippen molar-refractivity contribution < 1.29 is 4.79 Å². The molecular weight excluding hydrogens is 316 g/mol. The number of H-pyrrole nitrogens is 1. The Bertz CT molecular complexity index is 756. The zero-order valence-corrected chi connectivity index (χ0v) is 13.5. The predicted molar refractivity (Wildman–Crippen MR) is 89.0 cm³/mol. The number of aromatic nitrogens is 2. The lowest BCUT2D eigenvalue weighted by atomic mass is 10.1. The van der Waals surface area contributed by atoms with E-state index in [1.807, 2.05) is 31.2 Å². The highest BCUT2D eigenvalue weighted by atomic mass is 35.5. The highest BCUT2D eigenvalue weighted by Gasteiger charge is 2.29. The van der Waals surface area contributed by atoms with Crippen LogP contribution in [-0.4, -0.2) is 46.7 Å². The maximum absolute atomic E-state index is 12.5. The molecule has 1 amide bonds. The lowest BCUT2D eigenvalue weighted by Gasteiger charge is -2.40. The van der Waals surface area contributed by atoms with Crippen molar-refractivity contribution in [1.29, 1.82) is 0 Å². The van der Waals surface area contributed by atoms with Crippen molar-refractivity contribution in [3.8, 4) is 0 Å². The van der Waals surface area contributed by atoms with Crippen LogP contribution in [0.5, 0.6) is 0 Å². The SMILES string of the molecule is C[C@H]1CN(c2cccc(Cl)c2)CCN1C(=O)c1ccc(=O)[nH]n1. The van der Waals surface area contributed by atoms with Crippen molar-refractivity contribution in [3.63, 3.8) is 0 Å². The number of nitrogens with zero attached hydrogens (tertiary/aromatic N) is 3. The number of nitrogens with one attached hydrogen (secondary N) is 1. The Kier molecular flexibility index (Phi) is 4.34. The molecule has 1 N–H and O–H groups in total. The number of halogens is 1. The standard InChI is InChI=1S/C16H17ClN4O2/c1-11-10-20(13-4-2-3-12(17)9-13)7-8-21(11)16(23)14-5-6-15(22)19-18-14/h2-6,9,11H,7-8,10H2,1H3,(H,19,22)/t11-/m0/s1. The number of rotatable bonds is 2. The first-order valence-corrected chi connectivity index (χ1v) is 7.79. The molecule has 2 aromatic rings. The van der Waals surface area contributed by atoms with Crippen LogP contribution in [0.1, 0.15) is 17.4 Å². The van der Waals surface area contributed by atoms with Crippen LogP contribution in [0, 0.1) is 0 Å². The first kappa shape index (κ1) is 15.6. The topological polar surface area (TPSA) is 69.3 Å². The molecule has 7 heteroatoms. The quantitative estimate of drug-likeness (QED) is 0.910. The van der Waals surface area contributed by atoms with Gasteiger partial charge in [0.05, 0.1) is 0 Å². The largest absolute Gasteiger partial charge is 0.368 e. The molecule has 0 unspecified atom stereocenters. The molecule has 6 nitrogen and oxygen atoms in total. The summed E-state index contributed by atoms with van der Waals surface area (Å²) in [6, 6.07) is 10.5. The maximum Gasteiger partial charge on any atom is 0.274 e. The lowest BCUT2D eigenvalue weighted by Crippen LogP contribution is -2.54. The Balaban J connectivity index is 1.72. The van der Waals surface area contributed by atoms with Gasteiger partial charge in [-0.1, -0.05) is 17.7 Å². The molecule has 0 radical (unpaired) electrons. The monoisotopic (exact) mass is 332 g/mol. The van der Waals surface area contributed by atoms with Crippen LogP contribution >= 0.6 is 11.6 Å². The summed E-state index contributed by atoms with van der Waals surface area (Å²) < 4.78 is 0. The van der Waals surface area contributed by atoms with Crippen molar-refractivity contribution in [1.82, 2.24) is 15.1 Å². The van der Waals surface area contributed by atoms with Crippen LogP contribution in [0.4, 0.5) is 5.69 Å². The number of benzene rings is 1. The summed E-state index contributed by atoms with van der Waals surface area (Å²) in [5, 5.41) is 6.81. The molecule has 1 aliphatic heterocycles. The third kappa shape index (κ3) is 3.37. The molecule has 2 heterocycles. The number of amides is 1. The molecule has 1 fully saturated rings. The molecule has 1 saturated heterocycles. The smallest absolute Gasteiger partial charge is 0.274 e. The van der Waals surface area contributed by atoms with Crippen LogP contribution in [0.25, 0.3) is 0 Å². The van der Waals surface area contributed by atoms with E-state index in [0.717, 1.165) is 18.8 Å². The Labute approximate surface area is 138 Å². The fourth-order valence-electron chi connectivity index (χ4n) is 2.78. The molecule has 0 aliphatic carbocycles. The van der Waals surface area contributed by atoms with Crippen molar-refractivity contribution >= 4 is 23.2 Å². The Morgan fingerprint density at radius 2 is 2.13 bits per heavy atom. The van der Waals surface area contributed by atoms with Gasteiger partial charge >= 0.3 is 0 Å². The van der Waals surface area contributed by atoms with E-state index in [9.17, 15) is 9.59 Å². The second kappa shape index (κ2) is 6.42. The summed E-state index contributed by atoms with van der Waals surface area (Å²) in [7, 11) is 0. The molecule has 1 aromatic heterocycles. The van der Waals surface area contributed by atoms with Gasteiger partial charge in [0, 0.05) is 42.5 Å². The zero-order chi connectivity index (χ0) is 16.4. The minimum Gasteiger partial charge on any atom is -0.368 e. The van der Waals surface area contributed by atoms with E-state index in [1.165, 1.54) is 12.1 Å². The number of anilines is 1. The van der Waals surface area contributed by atoms with E-state index < -0.39 is 0 Å². The van der Waals surface area contributed by atoms with Crippen LogP contribution in [-0.2, 0) is 0 Å². The van der Waals surface area contributed by atoms with Crippen molar-refractivity contribution in [2.24, 2.45) is 0 Å². The van der Waals surface area contributed by atoms with Crippen LogP contribution < -0.4 is 10.5 Å². The van der Waals surface area contributed by atoms with Crippen LogP contribution in [0.3, 0.4) is 0 Å².